The molecule has 2 atom stereocenters. The largest absolute Gasteiger partial charge is 0.309 e. The highest BCUT2D eigenvalue weighted by Gasteiger charge is 2.29. The van der Waals surface area contributed by atoms with Gasteiger partial charge in [-0.3, -0.25) is 0 Å². The summed E-state index contributed by atoms with van der Waals surface area (Å²) >= 11 is 0. The molecule has 0 aliphatic heterocycles. The molecular weight excluding hydrogens is 821 g/mol. The molecule has 2 nitrogen and oxygen atoms in total. The first-order valence-corrected chi connectivity index (χ1v) is 26.5. The molecule has 0 amide bonds. The van der Waals surface area contributed by atoms with Gasteiger partial charge in [-0.1, -0.05) is 208 Å². The second kappa shape index (κ2) is 21.5. The summed E-state index contributed by atoms with van der Waals surface area (Å²) in [5.41, 5.74) is 15.2. The van der Waals surface area contributed by atoms with Gasteiger partial charge in [-0.05, 0) is 141 Å². The third-order valence-electron chi connectivity index (χ3n) is 14.8. The van der Waals surface area contributed by atoms with Crippen LogP contribution in [0.25, 0.3) is 21.5 Å². The number of fused-ring (bicyclic) bond motifs is 2. The van der Waals surface area contributed by atoms with E-state index in [4.69, 9.17) is 0 Å². The van der Waals surface area contributed by atoms with E-state index in [0.29, 0.717) is 23.7 Å². The van der Waals surface area contributed by atoms with Crippen LogP contribution in [0, 0.1) is 0 Å². The molecule has 0 aromatic heterocycles. The zero-order valence-electron chi connectivity index (χ0n) is 44.6. The lowest BCUT2D eigenvalue weighted by atomic mass is 9.82. The maximum absolute atomic E-state index is 2.57. The standard InChI is InChI=1S/C66H84N2/c1-15-17-19-21-47(7)51-27-37-57(38-28-51)67(55-33-23-49(24-34-55)45(3)4)63-59-41-31-54(66(12,13)14)44-62(59)64(60-42-32-53(43-61(60)63)65(9,10)11)68(56-35-25-50(26-36-56)46(5)6)58-39-29-52(30-40-58)48(8)22-20-18-16-2/h23-48H,15-22H2,1-14H3. The zero-order valence-corrected chi connectivity index (χ0v) is 44.6. The van der Waals surface area contributed by atoms with E-state index in [0.717, 1.165) is 0 Å². The van der Waals surface area contributed by atoms with Crippen molar-refractivity contribution in [1.82, 2.24) is 0 Å². The smallest absolute Gasteiger partial charge is 0.0620 e. The van der Waals surface area contributed by atoms with Gasteiger partial charge in [-0.2, -0.15) is 0 Å². The van der Waals surface area contributed by atoms with Crippen LogP contribution in [-0.4, -0.2) is 0 Å². The minimum Gasteiger partial charge on any atom is -0.309 e. The summed E-state index contributed by atoms with van der Waals surface area (Å²) in [6, 6.07) is 52.6. The summed E-state index contributed by atoms with van der Waals surface area (Å²) in [5.74, 6) is 1.91. The van der Waals surface area contributed by atoms with Crippen molar-refractivity contribution in [2.45, 2.75) is 183 Å². The Morgan fingerprint density at radius 1 is 0.353 bits per heavy atom. The Kier molecular flexibility index (Phi) is 16.0. The summed E-state index contributed by atoms with van der Waals surface area (Å²) in [6.45, 7) is 32.6. The van der Waals surface area contributed by atoms with Crippen molar-refractivity contribution in [3.05, 3.63) is 167 Å². The van der Waals surface area contributed by atoms with E-state index in [2.05, 4.69) is 240 Å². The predicted octanol–water partition coefficient (Wildman–Crippen LogP) is 21.1. The summed E-state index contributed by atoms with van der Waals surface area (Å²) in [7, 11) is 0. The van der Waals surface area contributed by atoms with Crippen LogP contribution in [-0.2, 0) is 10.8 Å². The molecule has 68 heavy (non-hydrogen) atoms. The Bertz CT molecular complexity index is 2530. The zero-order chi connectivity index (χ0) is 48.9. The molecule has 358 valence electrons. The lowest BCUT2D eigenvalue weighted by Crippen LogP contribution is -2.17. The summed E-state index contributed by atoms with van der Waals surface area (Å²) < 4.78 is 0. The molecule has 7 aromatic carbocycles. The van der Waals surface area contributed by atoms with Crippen LogP contribution in [0.3, 0.4) is 0 Å². The molecule has 0 fully saturated rings. The lowest BCUT2D eigenvalue weighted by Gasteiger charge is -2.34. The minimum atomic E-state index is -0.0635. The minimum absolute atomic E-state index is 0.0635. The number of hydrogen-bond acceptors (Lipinski definition) is 2. The van der Waals surface area contributed by atoms with Gasteiger partial charge < -0.3 is 9.80 Å². The Labute approximate surface area is 413 Å². The van der Waals surface area contributed by atoms with Crippen LogP contribution in [0.1, 0.15) is 205 Å². The molecule has 2 heteroatoms. The third kappa shape index (κ3) is 11.2. The Hall–Kier alpha value is -5.34. The van der Waals surface area contributed by atoms with Gasteiger partial charge in [0.2, 0.25) is 0 Å². The Morgan fingerprint density at radius 3 is 0.912 bits per heavy atom. The van der Waals surface area contributed by atoms with Crippen LogP contribution in [0.5, 0.6) is 0 Å². The fourth-order valence-corrected chi connectivity index (χ4v) is 10.1. The van der Waals surface area contributed by atoms with Gasteiger partial charge in [0.1, 0.15) is 0 Å². The van der Waals surface area contributed by atoms with E-state index >= 15 is 0 Å². The van der Waals surface area contributed by atoms with Crippen molar-refractivity contribution in [2.75, 3.05) is 9.80 Å². The van der Waals surface area contributed by atoms with E-state index in [1.54, 1.807) is 0 Å². The molecule has 0 bridgehead atoms. The van der Waals surface area contributed by atoms with Crippen molar-refractivity contribution >= 4 is 55.7 Å². The highest BCUT2D eigenvalue weighted by molar-refractivity contribution is 6.23. The van der Waals surface area contributed by atoms with Crippen LogP contribution in [0.4, 0.5) is 34.1 Å². The van der Waals surface area contributed by atoms with Gasteiger partial charge in [0, 0.05) is 44.3 Å². The first kappa shape index (κ1) is 50.5. The van der Waals surface area contributed by atoms with Crippen molar-refractivity contribution in [1.29, 1.82) is 0 Å². The van der Waals surface area contributed by atoms with E-state index in [-0.39, 0.29) is 10.8 Å². The second-order valence-electron chi connectivity index (χ2n) is 22.9. The quantitative estimate of drug-likeness (QED) is 0.0481. The van der Waals surface area contributed by atoms with Crippen LogP contribution in [0.2, 0.25) is 0 Å². The summed E-state index contributed by atoms with van der Waals surface area (Å²) in [5, 5.41) is 4.97. The van der Waals surface area contributed by atoms with Crippen LogP contribution >= 0.6 is 0 Å². The molecule has 0 radical (unpaired) electrons. The molecule has 7 rings (SSSR count). The highest BCUT2D eigenvalue weighted by atomic mass is 15.2. The van der Waals surface area contributed by atoms with Gasteiger partial charge >= 0.3 is 0 Å². The average molecular weight is 905 g/mol. The number of nitrogens with zero attached hydrogens (tertiary/aromatic N) is 2. The van der Waals surface area contributed by atoms with Crippen LogP contribution in [0.15, 0.2) is 133 Å². The number of unbranched alkanes of at least 4 members (excludes halogenated alkanes) is 4. The summed E-state index contributed by atoms with van der Waals surface area (Å²) in [4.78, 5) is 5.15. The fourth-order valence-electron chi connectivity index (χ4n) is 10.1. The average Bonchev–Trinajstić information content (AvgIpc) is 3.32. The van der Waals surface area contributed by atoms with Gasteiger partial charge in [0.25, 0.3) is 0 Å². The molecule has 0 aliphatic carbocycles. The van der Waals surface area contributed by atoms with E-state index in [1.165, 1.54) is 140 Å². The normalized spacial score (nSPS) is 13.2. The van der Waals surface area contributed by atoms with Crippen molar-refractivity contribution in [3.8, 4) is 0 Å². The van der Waals surface area contributed by atoms with Gasteiger partial charge in [-0.25, -0.2) is 0 Å². The van der Waals surface area contributed by atoms with Gasteiger partial charge in [-0.15, -0.1) is 0 Å². The Balaban J connectivity index is 1.59. The first-order valence-electron chi connectivity index (χ1n) is 26.5. The topological polar surface area (TPSA) is 6.48 Å². The molecule has 7 aromatic rings. The monoisotopic (exact) mass is 905 g/mol. The molecule has 0 heterocycles. The molecule has 0 saturated carbocycles. The first-order chi connectivity index (χ1) is 32.4. The van der Waals surface area contributed by atoms with Gasteiger partial charge in [0.15, 0.2) is 0 Å². The van der Waals surface area contributed by atoms with Crippen molar-refractivity contribution in [2.24, 2.45) is 0 Å². The fraction of sp³-hybridized carbons (Fsp3) is 0.424. The maximum atomic E-state index is 2.57. The second-order valence-corrected chi connectivity index (χ2v) is 22.9. The molecule has 2 unspecified atom stereocenters. The predicted molar refractivity (Wildman–Crippen MR) is 302 cm³/mol. The van der Waals surface area contributed by atoms with E-state index in [9.17, 15) is 0 Å². The SMILES string of the molecule is CCCCCC(C)c1ccc(N(c2ccc(C(C)C)cc2)c2c3ccc(C(C)(C)C)cc3c(N(c3ccc(C(C)C)cc3)c3ccc(C(C)CCCCC)cc3)c3ccc(C(C)(C)C)cc23)cc1. The van der Waals surface area contributed by atoms with E-state index in [1.807, 2.05) is 0 Å². The number of benzene rings is 7. The van der Waals surface area contributed by atoms with Crippen molar-refractivity contribution < 1.29 is 0 Å². The van der Waals surface area contributed by atoms with Crippen LogP contribution < -0.4 is 9.80 Å². The molecular formula is C66H84N2. The highest BCUT2D eigenvalue weighted by Crippen LogP contribution is 2.53. The van der Waals surface area contributed by atoms with E-state index < -0.39 is 0 Å². The Morgan fingerprint density at radius 2 is 0.647 bits per heavy atom. The number of rotatable bonds is 18. The summed E-state index contributed by atoms with van der Waals surface area (Å²) in [6.07, 6.45) is 10.0. The molecule has 0 aliphatic rings. The lowest BCUT2D eigenvalue weighted by molar-refractivity contribution is 0.590. The number of hydrogen-bond donors (Lipinski definition) is 0. The number of anilines is 6. The van der Waals surface area contributed by atoms with Crippen molar-refractivity contribution in [3.63, 3.8) is 0 Å². The van der Waals surface area contributed by atoms with Gasteiger partial charge in [0.05, 0.1) is 11.4 Å². The molecule has 0 N–H and O–H groups in total. The molecule has 0 spiro atoms. The molecule has 0 saturated heterocycles. The third-order valence-corrected chi connectivity index (χ3v) is 14.8. The maximum Gasteiger partial charge on any atom is 0.0620 e.